The summed E-state index contributed by atoms with van der Waals surface area (Å²) in [6, 6.07) is 0. The number of alkyl halides is 6. The number of carbonyl (C=O) groups excluding carboxylic acids is 1. The third kappa shape index (κ3) is 3.53. The Balaban J connectivity index is 0.00000264. The first-order valence-corrected chi connectivity index (χ1v) is 6.79. The number of ether oxygens (including phenoxy) is 1. The fourth-order valence-corrected chi connectivity index (χ4v) is 2.89. The zero-order valence-electron chi connectivity index (χ0n) is 11.9. The van der Waals surface area contributed by atoms with Crippen LogP contribution in [0.3, 0.4) is 0 Å². The van der Waals surface area contributed by atoms with E-state index in [1.807, 2.05) is 0 Å². The maximum Gasteiger partial charge on any atom is 0.404 e. The predicted octanol–water partition coefficient (Wildman–Crippen LogP) is 2.26. The van der Waals surface area contributed by atoms with E-state index in [-0.39, 0.29) is 31.5 Å². The smallest absolute Gasteiger partial charge is 0.364 e. The van der Waals surface area contributed by atoms with Crippen LogP contribution in [0.25, 0.3) is 0 Å². The molecule has 0 unspecified atom stereocenters. The summed E-state index contributed by atoms with van der Waals surface area (Å²) in [5.41, 5.74) is 1.50. The van der Waals surface area contributed by atoms with Crippen LogP contribution >= 0.6 is 12.4 Å². The van der Waals surface area contributed by atoms with Crippen LogP contribution in [-0.4, -0.2) is 55.0 Å². The number of hydrogen-bond donors (Lipinski definition) is 1. The fourth-order valence-electron chi connectivity index (χ4n) is 2.89. The Labute approximate surface area is 134 Å². The van der Waals surface area contributed by atoms with Crippen molar-refractivity contribution in [3.63, 3.8) is 0 Å². The van der Waals surface area contributed by atoms with Gasteiger partial charge in [-0.05, 0) is 19.3 Å². The molecule has 4 nitrogen and oxygen atoms in total. The van der Waals surface area contributed by atoms with Gasteiger partial charge in [0.1, 0.15) is 6.10 Å². The van der Waals surface area contributed by atoms with Crippen molar-refractivity contribution in [3.05, 3.63) is 0 Å². The zero-order chi connectivity index (χ0) is 16.8. The molecule has 136 valence electrons. The molecule has 0 aliphatic carbocycles. The molecule has 0 spiro atoms. The molecule has 0 aromatic carbocycles. The second-order valence-corrected chi connectivity index (χ2v) is 5.65. The molecule has 23 heavy (non-hydrogen) atoms. The molecule has 2 rings (SSSR count). The van der Waals surface area contributed by atoms with Gasteiger partial charge >= 0.3 is 12.4 Å². The molecule has 0 radical (unpaired) electrons. The summed E-state index contributed by atoms with van der Waals surface area (Å²) in [5.74, 6) is -0.827. The van der Waals surface area contributed by atoms with Gasteiger partial charge in [0.25, 0.3) is 5.91 Å². The van der Waals surface area contributed by atoms with E-state index < -0.39 is 49.3 Å². The Hall–Kier alpha value is -0.740. The topological polar surface area (TPSA) is 55.6 Å². The van der Waals surface area contributed by atoms with Crippen molar-refractivity contribution in [1.29, 1.82) is 0 Å². The molecule has 1 amide bonds. The van der Waals surface area contributed by atoms with Crippen molar-refractivity contribution in [2.75, 3.05) is 19.6 Å². The van der Waals surface area contributed by atoms with Crippen LogP contribution in [0.15, 0.2) is 0 Å². The molecule has 0 bridgehead atoms. The van der Waals surface area contributed by atoms with Gasteiger partial charge in [0.15, 0.2) is 5.41 Å². The summed E-state index contributed by atoms with van der Waals surface area (Å²) in [6.07, 6.45) is -12.8. The maximum atomic E-state index is 12.9. The zero-order valence-corrected chi connectivity index (χ0v) is 12.7. The predicted molar refractivity (Wildman–Crippen MR) is 69.9 cm³/mol. The van der Waals surface area contributed by atoms with Gasteiger partial charge in [-0.25, -0.2) is 0 Å². The van der Waals surface area contributed by atoms with Crippen molar-refractivity contribution < 1.29 is 35.9 Å². The van der Waals surface area contributed by atoms with Crippen LogP contribution in [0.4, 0.5) is 26.3 Å². The number of nitrogens with zero attached hydrogens (tertiary/aromatic N) is 1. The second-order valence-electron chi connectivity index (χ2n) is 5.65. The van der Waals surface area contributed by atoms with E-state index in [0.29, 0.717) is 11.3 Å². The van der Waals surface area contributed by atoms with Gasteiger partial charge < -0.3 is 15.4 Å². The monoisotopic (exact) mass is 370 g/mol. The third-order valence-corrected chi connectivity index (χ3v) is 4.31. The lowest BCUT2D eigenvalue weighted by atomic mass is 9.85. The van der Waals surface area contributed by atoms with Crippen molar-refractivity contribution in [3.8, 4) is 0 Å². The van der Waals surface area contributed by atoms with Gasteiger partial charge in [0, 0.05) is 19.6 Å². The van der Waals surface area contributed by atoms with Gasteiger partial charge in [-0.1, -0.05) is 0 Å². The molecule has 2 heterocycles. The number of halogens is 7. The van der Waals surface area contributed by atoms with Crippen molar-refractivity contribution >= 4 is 18.3 Å². The summed E-state index contributed by atoms with van der Waals surface area (Å²) < 4.78 is 82.9. The normalized spacial score (nSPS) is 27.9. The van der Waals surface area contributed by atoms with Gasteiger partial charge in [0.2, 0.25) is 0 Å². The third-order valence-electron chi connectivity index (χ3n) is 4.31. The van der Waals surface area contributed by atoms with Crippen LogP contribution in [0.5, 0.6) is 0 Å². The molecule has 11 heteroatoms. The molecule has 0 aromatic rings. The van der Waals surface area contributed by atoms with E-state index in [1.54, 1.807) is 0 Å². The molecule has 0 aromatic heterocycles. The Bertz CT molecular complexity index is 428. The Morgan fingerprint density at radius 1 is 1.17 bits per heavy atom. The average Bonchev–Trinajstić information content (AvgIpc) is 3.04. The number of amides is 1. The lowest BCUT2D eigenvalue weighted by molar-refractivity contribution is -0.335. The van der Waals surface area contributed by atoms with Gasteiger partial charge in [-0.15, -0.1) is 12.4 Å². The van der Waals surface area contributed by atoms with Crippen molar-refractivity contribution in [1.82, 2.24) is 4.90 Å². The van der Waals surface area contributed by atoms with Gasteiger partial charge in [-0.2, -0.15) is 26.3 Å². The average molecular weight is 371 g/mol. The van der Waals surface area contributed by atoms with E-state index in [0.717, 1.165) is 0 Å². The van der Waals surface area contributed by atoms with Crippen LogP contribution in [-0.2, 0) is 9.53 Å². The minimum atomic E-state index is -5.46. The summed E-state index contributed by atoms with van der Waals surface area (Å²) in [5, 5.41) is 0. The highest BCUT2D eigenvalue weighted by Gasteiger charge is 2.73. The summed E-state index contributed by atoms with van der Waals surface area (Å²) >= 11 is 0. The number of nitrogens with two attached hydrogens (primary N) is 1. The molecular weight excluding hydrogens is 354 g/mol. The van der Waals surface area contributed by atoms with Crippen LogP contribution in [0.1, 0.15) is 19.3 Å². The molecule has 2 fully saturated rings. The number of carbonyl (C=O) groups is 1. The first kappa shape index (κ1) is 20.3. The number of likely N-dealkylation sites (tertiary alicyclic amines) is 1. The molecule has 2 aliphatic rings. The summed E-state index contributed by atoms with van der Waals surface area (Å²) in [6.45, 7) is -1.85. The lowest BCUT2D eigenvalue weighted by Crippen LogP contribution is -2.52. The minimum Gasteiger partial charge on any atom is -0.364 e. The van der Waals surface area contributed by atoms with Crippen molar-refractivity contribution in [2.24, 2.45) is 11.1 Å². The SMILES string of the molecule is Cl.NC[C@H]1CC[C@@H](C(=O)N2CCC(C(F)(F)F)(C(F)(F)F)C2)O1. The highest BCUT2D eigenvalue weighted by molar-refractivity contribution is 5.85. The largest absolute Gasteiger partial charge is 0.404 e. The van der Waals surface area contributed by atoms with E-state index in [4.69, 9.17) is 10.5 Å². The minimum absolute atomic E-state index is 0. The highest BCUT2D eigenvalue weighted by atomic mass is 35.5. The fraction of sp³-hybridized carbons (Fsp3) is 0.917. The first-order valence-electron chi connectivity index (χ1n) is 6.79. The quantitative estimate of drug-likeness (QED) is 0.759. The van der Waals surface area contributed by atoms with Crippen LogP contribution in [0, 0.1) is 5.41 Å². The first-order chi connectivity index (χ1) is 10.0. The Morgan fingerprint density at radius 2 is 1.74 bits per heavy atom. The van der Waals surface area contributed by atoms with Gasteiger partial charge in [-0.3, -0.25) is 4.79 Å². The molecule has 0 saturated carbocycles. The lowest BCUT2D eigenvalue weighted by Gasteiger charge is -2.33. The van der Waals surface area contributed by atoms with E-state index >= 15 is 0 Å². The Morgan fingerprint density at radius 3 is 2.13 bits per heavy atom. The van der Waals surface area contributed by atoms with Crippen LogP contribution < -0.4 is 5.73 Å². The van der Waals surface area contributed by atoms with E-state index in [2.05, 4.69) is 0 Å². The maximum absolute atomic E-state index is 12.9. The van der Waals surface area contributed by atoms with Crippen LogP contribution in [0.2, 0.25) is 0 Å². The molecule has 2 aliphatic heterocycles. The number of rotatable bonds is 2. The number of hydrogen-bond acceptors (Lipinski definition) is 3. The Kier molecular flexibility index (Phi) is 5.86. The van der Waals surface area contributed by atoms with Gasteiger partial charge in [0.05, 0.1) is 6.10 Å². The standard InChI is InChI=1S/C12H16F6N2O2.ClH/c13-11(14,15)10(12(16,17)18)3-4-20(6-10)9(21)8-2-1-7(5-19)22-8;/h7-8H,1-6,19H2;1H/t7-,8+;/m1./s1. The molecule has 2 atom stereocenters. The summed E-state index contributed by atoms with van der Waals surface area (Å²) in [4.78, 5) is 12.7. The van der Waals surface area contributed by atoms with E-state index in [9.17, 15) is 31.1 Å². The molecular formula is C12H17ClF6N2O2. The molecule has 2 N–H and O–H groups in total. The molecule has 2 saturated heterocycles. The highest BCUT2D eigenvalue weighted by Crippen LogP contribution is 2.55. The van der Waals surface area contributed by atoms with Crippen molar-refractivity contribution in [2.45, 2.75) is 43.8 Å². The van der Waals surface area contributed by atoms with E-state index in [1.165, 1.54) is 0 Å². The summed E-state index contributed by atoms with van der Waals surface area (Å²) in [7, 11) is 0. The second kappa shape index (κ2) is 6.64.